The summed E-state index contributed by atoms with van der Waals surface area (Å²) in [4.78, 5) is 13.3. The highest BCUT2D eigenvalue weighted by Gasteiger charge is 2.11. The van der Waals surface area contributed by atoms with Crippen LogP contribution in [0.5, 0.6) is 5.75 Å². The summed E-state index contributed by atoms with van der Waals surface area (Å²) in [5.41, 5.74) is 1.25. The van der Waals surface area contributed by atoms with Crippen molar-refractivity contribution < 1.29 is 9.53 Å². The molecule has 0 unspecified atom stereocenters. The van der Waals surface area contributed by atoms with Gasteiger partial charge in [0.25, 0.3) is 0 Å². The minimum absolute atomic E-state index is 0.271. The molecule has 3 nitrogen and oxygen atoms in total. The average molecular weight is 263 g/mol. The number of hydrogen-bond acceptors (Lipinski definition) is 4. The lowest BCUT2D eigenvalue weighted by Gasteiger charge is -2.09. The molecule has 1 heterocycles. The van der Waals surface area contributed by atoms with Crippen LogP contribution in [0.15, 0.2) is 23.6 Å². The van der Waals surface area contributed by atoms with Crippen LogP contribution < -0.4 is 4.74 Å². The van der Waals surface area contributed by atoms with Gasteiger partial charge in [-0.25, -0.2) is 0 Å². The van der Waals surface area contributed by atoms with Crippen molar-refractivity contribution >= 4 is 27.4 Å². The van der Waals surface area contributed by atoms with Crippen molar-refractivity contribution in [2.75, 3.05) is 20.6 Å². The number of benzene rings is 1. The zero-order valence-corrected chi connectivity index (χ0v) is 11.7. The first-order valence-corrected chi connectivity index (χ1v) is 6.78. The lowest BCUT2D eigenvalue weighted by molar-refractivity contribution is -0.131. The van der Waals surface area contributed by atoms with E-state index in [0.717, 1.165) is 18.4 Å². The van der Waals surface area contributed by atoms with Gasteiger partial charge in [-0.3, -0.25) is 4.79 Å². The molecule has 0 saturated carbocycles. The van der Waals surface area contributed by atoms with Gasteiger partial charge in [0.05, 0.1) is 0 Å². The zero-order valence-electron chi connectivity index (χ0n) is 10.9. The van der Waals surface area contributed by atoms with Crippen LogP contribution in [0.3, 0.4) is 0 Å². The van der Waals surface area contributed by atoms with Crippen LogP contribution in [0, 0.1) is 0 Å². The summed E-state index contributed by atoms with van der Waals surface area (Å²) in [6.07, 6.45) is 0.964. The molecule has 96 valence electrons. The SMILES string of the molecule is CC(=O)Oc1cccc2scc(CCN(C)C)c12. The van der Waals surface area contributed by atoms with Crippen LogP contribution >= 0.6 is 11.3 Å². The standard InChI is InChI=1S/C14H17NO2S/c1-10(16)17-12-5-4-6-13-14(12)11(9-18-13)7-8-15(2)3/h4-6,9H,7-8H2,1-3H3. The van der Waals surface area contributed by atoms with Crippen molar-refractivity contribution in [1.82, 2.24) is 4.90 Å². The van der Waals surface area contributed by atoms with Crippen molar-refractivity contribution in [2.24, 2.45) is 0 Å². The van der Waals surface area contributed by atoms with Crippen LogP contribution in [0.4, 0.5) is 0 Å². The predicted octanol–water partition coefficient (Wildman–Crippen LogP) is 2.93. The minimum Gasteiger partial charge on any atom is -0.426 e. The molecule has 0 aliphatic carbocycles. The molecule has 0 amide bonds. The van der Waals surface area contributed by atoms with E-state index >= 15 is 0 Å². The van der Waals surface area contributed by atoms with Crippen molar-refractivity contribution in [1.29, 1.82) is 0 Å². The highest BCUT2D eigenvalue weighted by Crippen LogP contribution is 2.34. The van der Waals surface area contributed by atoms with Gasteiger partial charge < -0.3 is 9.64 Å². The zero-order chi connectivity index (χ0) is 13.1. The van der Waals surface area contributed by atoms with Gasteiger partial charge >= 0.3 is 5.97 Å². The summed E-state index contributed by atoms with van der Waals surface area (Å²) in [6, 6.07) is 5.84. The normalized spacial score (nSPS) is 11.1. The van der Waals surface area contributed by atoms with Gasteiger partial charge in [-0.1, -0.05) is 6.07 Å². The number of carbonyl (C=O) groups is 1. The number of likely N-dealkylation sites (N-methyl/N-ethyl adjacent to an activating group) is 1. The van der Waals surface area contributed by atoms with Gasteiger partial charge in [-0.05, 0) is 43.6 Å². The largest absolute Gasteiger partial charge is 0.426 e. The van der Waals surface area contributed by atoms with E-state index < -0.39 is 0 Å². The first-order valence-electron chi connectivity index (χ1n) is 5.90. The van der Waals surface area contributed by atoms with Gasteiger partial charge in [0.1, 0.15) is 5.75 Å². The predicted molar refractivity (Wildman–Crippen MR) is 75.4 cm³/mol. The van der Waals surface area contributed by atoms with Crippen LogP contribution in [-0.2, 0) is 11.2 Å². The van der Waals surface area contributed by atoms with E-state index in [-0.39, 0.29) is 5.97 Å². The smallest absolute Gasteiger partial charge is 0.308 e. The molecule has 0 spiro atoms. The second-order valence-corrected chi connectivity index (χ2v) is 5.45. The number of fused-ring (bicyclic) bond motifs is 1. The van der Waals surface area contributed by atoms with E-state index in [1.807, 2.05) is 12.1 Å². The molecular weight excluding hydrogens is 246 g/mol. The van der Waals surface area contributed by atoms with E-state index in [9.17, 15) is 4.79 Å². The van der Waals surface area contributed by atoms with Crippen LogP contribution in [0.1, 0.15) is 12.5 Å². The molecule has 1 aromatic carbocycles. The maximum Gasteiger partial charge on any atom is 0.308 e. The quantitative estimate of drug-likeness (QED) is 0.627. The third-order valence-electron chi connectivity index (χ3n) is 2.72. The Bertz CT molecular complexity index is 560. The molecule has 0 aliphatic heterocycles. The maximum atomic E-state index is 11.1. The molecule has 0 aliphatic rings. The fraction of sp³-hybridized carbons (Fsp3) is 0.357. The maximum absolute atomic E-state index is 11.1. The van der Waals surface area contributed by atoms with E-state index in [0.29, 0.717) is 5.75 Å². The van der Waals surface area contributed by atoms with E-state index in [1.54, 1.807) is 11.3 Å². The van der Waals surface area contributed by atoms with Crippen LogP contribution in [-0.4, -0.2) is 31.5 Å². The molecule has 0 bridgehead atoms. The van der Waals surface area contributed by atoms with Crippen LogP contribution in [0.2, 0.25) is 0 Å². The van der Waals surface area contributed by atoms with Gasteiger partial charge in [-0.2, -0.15) is 0 Å². The highest BCUT2D eigenvalue weighted by atomic mass is 32.1. The summed E-state index contributed by atoms with van der Waals surface area (Å²) >= 11 is 1.70. The van der Waals surface area contributed by atoms with Crippen molar-refractivity contribution in [2.45, 2.75) is 13.3 Å². The molecular formula is C14H17NO2S. The Morgan fingerprint density at radius 3 is 2.83 bits per heavy atom. The summed E-state index contributed by atoms with van der Waals surface area (Å²) in [7, 11) is 4.11. The number of carbonyl (C=O) groups excluding carboxylic acids is 1. The molecule has 18 heavy (non-hydrogen) atoms. The second kappa shape index (κ2) is 5.50. The fourth-order valence-electron chi connectivity index (χ4n) is 1.89. The fourth-order valence-corrected chi connectivity index (χ4v) is 2.90. The summed E-state index contributed by atoms with van der Waals surface area (Å²) in [6.45, 7) is 2.42. The third-order valence-corrected chi connectivity index (χ3v) is 3.72. The highest BCUT2D eigenvalue weighted by molar-refractivity contribution is 7.17. The van der Waals surface area contributed by atoms with E-state index in [1.165, 1.54) is 17.2 Å². The second-order valence-electron chi connectivity index (χ2n) is 4.54. The molecule has 4 heteroatoms. The van der Waals surface area contributed by atoms with Gasteiger partial charge in [0.15, 0.2) is 0 Å². The average Bonchev–Trinajstić information content (AvgIpc) is 2.70. The summed E-state index contributed by atoms with van der Waals surface area (Å²) < 4.78 is 6.46. The molecule has 0 N–H and O–H groups in total. The number of thiophene rings is 1. The number of nitrogens with zero attached hydrogens (tertiary/aromatic N) is 1. The monoisotopic (exact) mass is 263 g/mol. The Kier molecular flexibility index (Phi) is 3.99. The van der Waals surface area contributed by atoms with E-state index in [2.05, 4.69) is 30.4 Å². The first-order chi connectivity index (χ1) is 8.58. The molecule has 1 aromatic heterocycles. The van der Waals surface area contributed by atoms with Crippen molar-refractivity contribution in [3.63, 3.8) is 0 Å². The van der Waals surface area contributed by atoms with Crippen molar-refractivity contribution in [3.05, 3.63) is 29.1 Å². The Morgan fingerprint density at radius 2 is 2.17 bits per heavy atom. The Morgan fingerprint density at radius 1 is 1.39 bits per heavy atom. The Hall–Kier alpha value is -1.39. The number of esters is 1. The van der Waals surface area contributed by atoms with E-state index in [4.69, 9.17) is 4.74 Å². The lowest BCUT2D eigenvalue weighted by atomic mass is 10.1. The molecule has 2 aromatic rings. The lowest BCUT2D eigenvalue weighted by Crippen LogP contribution is -2.14. The van der Waals surface area contributed by atoms with Gasteiger partial charge in [0.2, 0.25) is 0 Å². The summed E-state index contributed by atoms with van der Waals surface area (Å²) in [5, 5.41) is 3.24. The molecule has 2 rings (SSSR count). The number of hydrogen-bond donors (Lipinski definition) is 0. The van der Waals surface area contributed by atoms with Crippen molar-refractivity contribution in [3.8, 4) is 5.75 Å². The number of rotatable bonds is 4. The molecule has 0 saturated heterocycles. The van der Waals surface area contributed by atoms with Gasteiger partial charge in [-0.15, -0.1) is 11.3 Å². The van der Waals surface area contributed by atoms with Crippen LogP contribution in [0.25, 0.3) is 10.1 Å². The topological polar surface area (TPSA) is 29.5 Å². The third kappa shape index (κ3) is 2.89. The summed E-state index contributed by atoms with van der Waals surface area (Å²) in [5.74, 6) is 0.405. The molecule has 0 radical (unpaired) electrons. The minimum atomic E-state index is -0.271. The molecule has 0 atom stereocenters. The number of ether oxygens (including phenoxy) is 1. The first kappa shape index (κ1) is 13.1. The Balaban J connectivity index is 2.38. The van der Waals surface area contributed by atoms with Gasteiger partial charge in [0, 0.05) is 23.6 Å². The Labute approximate surface area is 111 Å². The molecule has 0 fully saturated rings.